The van der Waals surface area contributed by atoms with Gasteiger partial charge >= 0.3 is 0 Å². The Morgan fingerprint density at radius 3 is 2.53 bits per heavy atom. The summed E-state index contributed by atoms with van der Waals surface area (Å²) >= 11 is 0. The highest BCUT2D eigenvalue weighted by molar-refractivity contribution is 5.13. The van der Waals surface area contributed by atoms with Crippen LogP contribution in [0.1, 0.15) is 51.0 Å². The number of hydrogen-bond acceptors (Lipinski definition) is 3. The quantitative estimate of drug-likeness (QED) is 0.776. The molecule has 2 rings (SSSR count). The van der Waals surface area contributed by atoms with Gasteiger partial charge in [-0.05, 0) is 25.9 Å². The van der Waals surface area contributed by atoms with E-state index in [9.17, 15) is 4.79 Å². The summed E-state index contributed by atoms with van der Waals surface area (Å²) < 4.78 is 0. The van der Waals surface area contributed by atoms with Crippen LogP contribution in [-0.2, 0) is 5.41 Å². The Labute approximate surface area is 102 Å². The molecule has 4 heteroatoms. The molecule has 0 aromatic carbocycles. The molecule has 0 amide bonds. The highest BCUT2D eigenvalue weighted by atomic mass is 16.1. The number of nitrogens with zero attached hydrogens (tertiary/aromatic N) is 1. The van der Waals surface area contributed by atoms with Crippen molar-refractivity contribution in [1.29, 1.82) is 0 Å². The van der Waals surface area contributed by atoms with Gasteiger partial charge in [-0.25, -0.2) is 4.98 Å². The fraction of sp³-hybridized carbons (Fsp3) is 0.692. The third-order valence-corrected chi connectivity index (χ3v) is 3.23. The SMILES string of the molecule is CC(C)(C)c1nc(C2CCNCC2)cc(=O)[nH]1. The first-order valence-electron chi connectivity index (χ1n) is 6.29. The average Bonchev–Trinajstić information content (AvgIpc) is 2.28. The molecule has 0 saturated carbocycles. The molecule has 2 heterocycles. The molecule has 1 aliphatic rings. The van der Waals surface area contributed by atoms with E-state index in [-0.39, 0.29) is 11.0 Å². The van der Waals surface area contributed by atoms with Gasteiger partial charge in [0.2, 0.25) is 0 Å². The maximum Gasteiger partial charge on any atom is 0.251 e. The second kappa shape index (κ2) is 4.61. The molecule has 1 fully saturated rings. The molecule has 94 valence electrons. The fourth-order valence-corrected chi connectivity index (χ4v) is 2.16. The van der Waals surface area contributed by atoms with Crippen molar-refractivity contribution in [2.75, 3.05) is 13.1 Å². The van der Waals surface area contributed by atoms with Gasteiger partial charge in [0, 0.05) is 17.4 Å². The fourth-order valence-electron chi connectivity index (χ4n) is 2.16. The van der Waals surface area contributed by atoms with Gasteiger partial charge in [0.25, 0.3) is 5.56 Å². The van der Waals surface area contributed by atoms with Crippen LogP contribution in [0.3, 0.4) is 0 Å². The third kappa shape index (κ3) is 2.94. The largest absolute Gasteiger partial charge is 0.317 e. The smallest absolute Gasteiger partial charge is 0.251 e. The van der Waals surface area contributed by atoms with Crippen molar-refractivity contribution >= 4 is 0 Å². The minimum atomic E-state index is -0.109. The van der Waals surface area contributed by atoms with Crippen LogP contribution in [0.25, 0.3) is 0 Å². The molecule has 0 aliphatic carbocycles. The molecule has 17 heavy (non-hydrogen) atoms. The maximum atomic E-state index is 11.7. The highest BCUT2D eigenvalue weighted by Gasteiger charge is 2.21. The van der Waals surface area contributed by atoms with E-state index in [4.69, 9.17) is 0 Å². The minimum Gasteiger partial charge on any atom is -0.317 e. The van der Waals surface area contributed by atoms with Gasteiger partial charge in [-0.1, -0.05) is 20.8 Å². The molecule has 1 aromatic rings. The molecule has 0 radical (unpaired) electrons. The number of piperidine rings is 1. The van der Waals surface area contributed by atoms with Crippen molar-refractivity contribution in [2.45, 2.75) is 44.9 Å². The Hall–Kier alpha value is -1.16. The Bertz CT molecular complexity index is 439. The lowest BCUT2D eigenvalue weighted by atomic mass is 9.92. The van der Waals surface area contributed by atoms with Crippen LogP contribution in [-0.4, -0.2) is 23.1 Å². The average molecular weight is 235 g/mol. The monoisotopic (exact) mass is 235 g/mol. The van der Waals surface area contributed by atoms with Crippen molar-refractivity contribution in [3.63, 3.8) is 0 Å². The molecule has 0 spiro atoms. The Morgan fingerprint density at radius 1 is 1.29 bits per heavy atom. The van der Waals surface area contributed by atoms with Crippen LogP contribution < -0.4 is 10.9 Å². The predicted molar refractivity (Wildman–Crippen MR) is 68.4 cm³/mol. The molecule has 1 aromatic heterocycles. The van der Waals surface area contributed by atoms with Crippen LogP contribution >= 0.6 is 0 Å². The van der Waals surface area contributed by atoms with Gasteiger partial charge in [0.05, 0.1) is 5.69 Å². The molecule has 1 saturated heterocycles. The van der Waals surface area contributed by atoms with E-state index in [1.807, 2.05) is 0 Å². The van der Waals surface area contributed by atoms with E-state index in [2.05, 4.69) is 36.1 Å². The zero-order chi connectivity index (χ0) is 12.5. The van der Waals surface area contributed by atoms with Crippen LogP contribution in [0.4, 0.5) is 0 Å². The van der Waals surface area contributed by atoms with Crippen molar-refractivity contribution in [3.8, 4) is 0 Å². The van der Waals surface area contributed by atoms with Gasteiger partial charge < -0.3 is 10.3 Å². The van der Waals surface area contributed by atoms with Crippen LogP contribution in [0.5, 0.6) is 0 Å². The van der Waals surface area contributed by atoms with E-state index < -0.39 is 0 Å². The van der Waals surface area contributed by atoms with Gasteiger partial charge in [0.15, 0.2) is 0 Å². The van der Waals surface area contributed by atoms with Crippen LogP contribution in [0, 0.1) is 0 Å². The van der Waals surface area contributed by atoms with Crippen LogP contribution in [0.2, 0.25) is 0 Å². The summed E-state index contributed by atoms with van der Waals surface area (Å²) in [6.45, 7) is 8.24. The zero-order valence-corrected chi connectivity index (χ0v) is 10.8. The number of hydrogen-bond donors (Lipinski definition) is 2. The van der Waals surface area contributed by atoms with Crippen LogP contribution in [0.15, 0.2) is 10.9 Å². The van der Waals surface area contributed by atoms with E-state index in [0.717, 1.165) is 37.4 Å². The first-order chi connectivity index (χ1) is 7.97. The number of H-pyrrole nitrogens is 1. The number of aromatic amines is 1. The zero-order valence-electron chi connectivity index (χ0n) is 10.8. The summed E-state index contributed by atoms with van der Waals surface area (Å²) in [6, 6.07) is 1.66. The number of nitrogens with one attached hydrogen (secondary N) is 2. The second-order valence-corrected chi connectivity index (χ2v) is 5.79. The highest BCUT2D eigenvalue weighted by Crippen LogP contribution is 2.24. The van der Waals surface area contributed by atoms with E-state index in [1.165, 1.54) is 0 Å². The summed E-state index contributed by atoms with van der Waals surface area (Å²) in [4.78, 5) is 19.2. The third-order valence-electron chi connectivity index (χ3n) is 3.23. The van der Waals surface area contributed by atoms with E-state index >= 15 is 0 Å². The lowest BCUT2D eigenvalue weighted by Gasteiger charge is -2.24. The first-order valence-corrected chi connectivity index (χ1v) is 6.29. The van der Waals surface area contributed by atoms with E-state index in [1.54, 1.807) is 6.07 Å². The molecule has 0 bridgehead atoms. The molecule has 0 unspecified atom stereocenters. The number of aromatic nitrogens is 2. The summed E-state index contributed by atoms with van der Waals surface area (Å²) in [7, 11) is 0. The lowest BCUT2D eigenvalue weighted by Crippen LogP contribution is -2.29. The van der Waals surface area contributed by atoms with Gasteiger partial charge in [-0.3, -0.25) is 4.79 Å². The Morgan fingerprint density at radius 2 is 1.94 bits per heavy atom. The predicted octanol–water partition coefficient (Wildman–Crippen LogP) is 1.53. The lowest BCUT2D eigenvalue weighted by molar-refractivity contribution is 0.446. The van der Waals surface area contributed by atoms with Gasteiger partial charge in [0.1, 0.15) is 5.82 Å². The topological polar surface area (TPSA) is 57.8 Å². The number of rotatable bonds is 1. The second-order valence-electron chi connectivity index (χ2n) is 5.79. The first kappa shape index (κ1) is 12.3. The normalized spacial score (nSPS) is 18.3. The van der Waals surface area contributed by atoms with E-state index in [0.29, 0.717) is 5.92 Å². The maximum absolute atomic E-state index is 11.7. The van der Waals surface area contributed by atoms with Crippen molar-refractivity contribution in [1.82, 2.24) is 15.3 Å². The Kier molecular flexibility index (Phi) is 3.33. The van der Waals surface area contributed by atoms with Gasteiger partial charge in [-0.15, -0.1) is 0 Å². The molecule has 4 nitrogen and oxygen atoms in total. The molecule has 2 N–H and O–H groups in total. The van der Waals surface area contributed by atoms with Gasteiger partial charge in [-0.2, -0.15) is 0 Å². The summed E-state index contributed by atoms with van der Waals surface area (Å²) in [5.41, 5.74) is 0.820. The molecule has 1 aliphatic heterocycles. The standard InChI is InChI=1S/C13H21N3O/c1-13(2,3)12-15-10(8-11(17)16-12)9-4-6-14-7-5-9/h8-9,14H,4-7H2,1-3H3,(H,15,16,17). The minimum absolute atomic E-state index is 0.0292. The molecule has 0 atom stereocenters. The van der Waals surface area contributed by atoms with Crippen molar-refractivity contribution in [3.05, 3.63) is 27.9 Å². The summed E-state index contributed by atoms with van der Waals surface area (Å²) in [6.07, 6.45) is 2.14. The molecular weight excluding hydrogens is 214 g/mol. The van der Waals surface area contributed by atoms with Crippen molar-refractivity contribution in [2.24, 2.45) is 0 Å². The van der Waals surface area contributed by atoms with Crippen molar-refractivity contribution < 1.29 is 0 Å². The summed E-state index contributed by atoms with van der Waals surface area (Å²) in [5, 5.41) is 3.33. The Balaban J connectivity index is 2.34. The molecular formula is C13H21N3O. The summed E-state index contributed by atoms with van der Waals surface area (Å²) in [5.74, 6) is 1.22.